The molecule has 0 aliphatic heterocycles. The van der Waals surface area contributed by atoms with Gasteiger partial charge in [0.15, 0.2) is 0 Å². The van der Waals surface area contributed by atoms with Gasteiger partial charge in [-0.2, -0.15) is 0 Å². The molecule has 352 valence electrons. The maximum atomic E-state index is 2.59. The fourth-order valence-corrected chi connectivity index (χ4v) is 14.1. The average Bonchev–Trinajstić information content (AvgIpc) is 4.21. The summed E-state index contributed by atoms with van der Waals surface area (Å²) in [7, 11) is 0. The Kier molecular flexibility index (Phi) is 9.88. The maximum Gasteiger partial charge on any atom is 0.0561 e. The van der Waals surface area contributed by atoms with E-state index in [9.17, 15) is 0 Å². The van der Waals surface area contributed by atoms with Crippen LogP contribution in [-0.4, -0.2) is 4.57 Å². The summed E-state index contributed by atoms with van der Waals surface area (Å²) in [6, 6.07) is 97.2. The van der Waals surface area contributed by atoms with E-state index in [1.165, 1.54) is 107 Å². The minimum atomic E-state index is -0.184. The van der Waals surface area contributed by atoms with Crippen LogP contribution in [0.15, 0.2) is 261 Å². The van der Waals surface area contributed by atoms with Crippen LogP contribution in [0.5, 0.6) is 0 Å². The van der Waals surface area contributed by atoms with Crippen molar-refractivity contribution in [1.82, 2.24) is 4.57 Å². The topological polar surface area (TPSA) is 11.4 Å². The molecule has 0 N–H and O–H groups in total. The highest BCUT2D eigenvalue weighted by molar-refractivity contribution is 6.10. The van der Waals surface area contributed by atoms with Crippen molar-refractivity contribution in [2.45, 2.75) is 31.1 Å². The molecule has 1 aromatic heterocycles. The Hall–Kier alpha value is -8.92. The molecule has 3 nitrogen and oxygen atoms in total. The predicted octanol–water partition coefficient (Wildman–Crippen LogP) is 18.6. The van der Waals surface area contributed by atoms with E-state index in [4.69, 9.17) is 0 Å². The van der Waals surface area contributed by atoms with E-state index >= 15 is 0 Å². The number of aromatic nitrogens is 1. The van der Waals surface area contributed by atoms with Gasteiger partial charge < -0.3 is 14.4 Å². The van der Waals surface area contributed by atoms with Gasteiger partial charge >= 0.3 is 0 Å². The third kappa shape index (κ3) is 6.52. The number of benzene rings is 11. The zero-order chi connectivity index (χ0) is 48.7. The maximum absolute atomic E-state index is 2.59. The highest BCUT2D eigenvalue weighted by Gasteiger charge is 2.62. The molecule has 74 heavy (non-hydrogen) atoms. The molecule has 1 heterocycles. The molecule has 3 aliphatic rings. The van der Waals surface area contributed by atoms with Crippen LogP contribution < -0.4 is 9.80 Å². The van der Waals surface area contributed by atoms with E-state index in [2.05, 4.69) is 275 Å². The number of nitrogens with zero attached hydrogens (tertiary/aromatic N) is 3. The van der Waals surface area contributed by atoms with E-state index in [1.807, 2.05) is 0 Å². The largest absolute Gasteiger partial charge is 0.310 e. The lowest BCUT2D eigenvalue weighted by molar-refractivity contribution is 0.350. The van der Waals surface area contributed by atoms with Gasteiger partial charge in [-0.3, -0.25) is 0 Å². The van der Waals surface area contributed by atoms with Crippen molar-refractivity contribution in [2.75, 3.05) is 9.80 Å². The second kappa shape index (κ2) is 17.1. The van der Waals surface area contributed by atoms with Crippen LogP contribution in [0.3, 0.4) is 0 Å². The zero-order valence-corrected chi connectivity index (χ0v) is 41.2. The van der Waals surface area contributed by atoms with Crippen LogP contribution in [-0.2, 0) is 18.3 Å². The van der Waals surface area contributed by atoms with E-state index in [-0.39, 0.29) is 5.41 Å². The zero-order valence-electron chi connectivity index (χ0n) is 41.2. The van der Waals surface area contributed by atoms with Crippen LogP contribution in [0, 0.1) is 11.8 Å². The Balaban J connectivity index is 0.919. The summed E-state index contributed by atoms with van der Waals surface area (Å²) in [5.41, 5.74) is 21.5. The van der Waals surface area contributed by atoms with Crippen LogP contribution in [0.25, 0.3) is 60.5 Å². The number of fused-ring (bicyclic) bond motifs is 6. The molecule has 3 heteroatoms. The Bertz CT molecular complexity index is 4080. The molecule has 1 spiro atoms. The summed E-state index contributed by atoms with van der Waals surface area (Å²) in [4.78, 5) is 5.15. The molecule has 3 atom stereocenters. The van der Waals surface area contributed by atoms with Gasteiger partial charge in [0.1, 0.15) is 0 Å². The van der Waals surface area contributed by atoms with E-state index in [1.54, 1.807) is 0 Å². The first-order valence-electron chi connectivity index (χ1n) is 26.4. The highest BCUT2D eigenvalue weighted by Crippen LogP contribution is 2.69. The van der Waals surface area contributed by atoms with Crippen LogP contribution in [0.2, 0.25) is 0 Å². The molecule has 0 bridgehead atoms. The van der Waals surface area contributed by atoms with E-state index < -0.39 is 0 Å². The fraction of sp³-hybridized carbons (Fsp3) is 0.0986. The molecule has 3 unspecified atom stereocenters. The van der Waals surface area contributed by atoms with Crippen molar-refractivity contribution in [3.05, 3.63) is 283 Å². The predicted molar refractivity (Wildman–Crippen MR) is 309 cm³/mol. The molecule has 15 rings (SSSR count). The molecule has 0 saturated heterocycles. The summed E-state index contributed by atoms with van der Waals surface area (Å²) in [6.45, 7) is 0. The van der Waals surface area contributed by atoms with Crippen molar-refractivity contribution >= 4 is 66.7 Å². The Labute approximate surface area is 432 Å². The van der Waals surface area contributed by atoms with Crippen LogP contribution in [0.1, 0.15) is 35.1 Å². The summed E-state index contributed by atoms with van der Waals surface area (Å²) in [5.74, 6) is 0.965. The highest BCUT2D eigenvalue weighted by atomic mass is 15.2. The molecule has 1 fully saturated rings. The van der Waals surface area contributed by atoms with Crippen molar-refractivity contribution in [3.8, 4) is 27.9 Å². The smallest absolute Gasteiger partial charge is 0.0561 e. The van der Waals surface area contributed by atoms with Gasteiger partial charge in [-0.1, -0.05) is 170 Å². The van der Waals surface area contributed by atoms with E-state index in [0.29, 0.717) is 11.8 Å². The molecule has 0 amide bonds. The second-order valence-electron chi connectivity index (χ2n) is 20.8. The van der Waals surface area contributed by atoms with Gasteiger partial charge in [0, 0.05) is 44.6 Å². The molecule has 1 saturated carbocycles. The normalized spacial score (nSPS) is 17.3. The number of para-hydroxylation sites is 4. The van der Waals surface area contributed by atoms with Gasteiger partial charge in [0.25, 0.3) is 0 Å². The van der Waals surface area contributed by atoms with Crippen molar-refractivity contribution in [3.63, 3.8) is 0 Å². The molecule has 0 radical (unpaired) electrons. The monoisotopic (exact) mass is 947 g/mol. The number of hydrogen-bond acceptors (Lipinski definition) is 2. The first-order chi connectivity index (χ1) is 36.7. The van der Waals surface area contributed by atoms with Crippen molar-refractivity contribution in [2.24, 2.45) is 11.8 Å². The van der Waals surface area contributed by atoms with Crippen LogP contribution >= 0.6 is 0 Å². The van der Waals surface area contributed by atoms with Crippen LogP contribution in [0.4, 0.5) is 34.1 Å². The standard InChI is InChI=1S/C71H53N3/c1-5-19-48(20-6-1)63-45-50-21-13-14-22-51(50)46-64(63)49-35-39-59(40-36-49)72(56-25-7-2-8-26-56)66-33-17-23-52-43-54-37-38-55-44-53-24-18-34-67(70(53)71(54,55)69(52)66)73(57-27-9-3-10-28-57)60-41-42-62-61-31-15-16-32-65(61)74(68(62)47-60)58-29-11-4-12-30-58/h1-36,39-42,45-47,54-55H,37-38,43-44H2. The SMILES string of the molecule is c1ccc(-c2cc3ccccc3cc2-c2ccc(N(c3ccccc3)c3cccc4c3C35c6c(cccc6N(c6ccccc6)c6ccc7c8ccccc8n(-c8ccccc8)c7c6)CC3CCC5C4)cc2)cc1. The molecule has 3 aliphatic carbocycles. The quantitative estimate of drug-likeness (QED) is 0.143. The van der Waals surface area contributed by atoms with Gasteiger partial charge in [-0.15, -0.1) is 0 Å². The van der Waals surface area contributed by atoms with Gasteiger partial charge in [0.2, 0.25) is 0 Å². The van der Waals surface area contributed by atoms with Crippen molar-refractivity contribution in [1.29, 1.82) is 0 Å². The molecular formula is C71H53N3. The number of anilines is 6. The molecular weight excluding hydrogens is 895 g/mol. The third-order valence-electron chi connectivity index (χ3n) is 17.0. The molecule has 11 aromatic carbocycles. The Morgan fingerprint density at radius 3 is 1.41 bits per heavy atom. The lowest BCUT2D eigenvalue weighted by Gasteiger charge is -2.40. The lowest BCUT2D eigenvalue weighted by Crippen LogP contribution is -2.34. The summed E-state index contributed by atoms with van der Waals surface area (Å²) in [5, 5.41) is 5.01. The molecule has 12 aromatic rings. The first kappa shape index (κ1) is 42.7. The summed E-state index contributed by atoms with van der Waals surface area (Å²) < 4.78 is 2.45. The minimum Gasteiger partial charge on any atom is -0.310 e. The van der Waals surface area contributed by atoms with Gasteiger partial charge in [-0.05, 0) is 184 Å². The van der Waals surface area contributed by atoms with Crippen molar-refractivity contribution < 1.29 is 0 Å². The Morgan fingerprint density at radius 2 is 0.811 bits per heavy atom. The summed E-state index contributed by atoms with van der Waals surface area (Å²) >= 11 is 0. The number of hydrogen-bond donors (Lipinski definition) is 0. The fourth-order valence-electron chi connectivity index (χ4n) is 14.1. The Morgan fingerprint density at radius 1 is 0.351 bits per heavy atom. The number of rotatable bonds is 9. The van der Waals surface area contributed by atoms with Gasteiger partial charge in [0.05, 0.1) is 22.4 Å². The van der Waals surface area contributed by atoms with Gasteiger partial charge in [-0.25, -0.2) is 0 Å². The minimum absolute atomic E-state index is 0.184. The van der Waals surface area contributed by atoms with E-state index in [0.717, 1.165) is 35.6 Å². The summed E-state index contributed by atoms with van der Waals surface area (Å²) in [6.07, 6.45) is 4.59. The third-order valence-corrected chi connectivity index (χ3v) is 17.0. The lowest BCUT2D eigenvalue weighted by atomic mass is 9.68. The second-order valence-corrected chi connectivity index (χ2v) is 20.8. The first-order valence-corrected chi connectivity index (χ1v) is 26.4. The average molecular weight is 948 g/mol.